The Bertz CT molecular complexity index is 508. The second kappa shape index (κ2) is 3.23. The lowest BCUT2D eigenvalue weighted by Gasteiger charge is -2.23. The Morgan fingerprint density at radius 1 is 1.33 bits per heavy atom. The van der Waals surface area contributed by atoms with Gasteiger partial charge in [0.15, 0.2) is 0 Å². The van der Waals surface area contributed by atoms with Crippen LogP contribution in [0.25, 0.3) is 11.0 Å². The lowest BCUT2D eigenvalue weighted by Crippen LogP contribution is -2.23. The van der Waals surface area contributed by atoms with E-state index in [1.54, 1.807) is 0 Å². The molecular weight excluding hydrogens is 254 g/mol. The molecule has 2 aromatic rings. The number of imidazole rings is 1. The zero-order chi connectivity index (χ0) is 11.2. The third-order valence-electron chi connectivity index (χ3n) is 2.31. The highest BCUT2D eigenvalue weighted by Gasteiger charge is 2.19. The molecule has 0 aliphatic rings. The van der Waals surface area contributed by atoms with E-state index in [1.807, 2.05) is 22.8 Å². The molecule has 2 rings (SSSR count). The van der Waals surface area contributed by atoms with Gasteiger partial charge in [0.2, 0.25) is 5.95 Å². The van der Waals surface area contributed by atoms with Crippen LogP contribution in [0.1, 0.15) is 20.8 Å². The Kier molecular flexibility index (Phi) is 2.26. The van der Waals surface area contributed by atoms with E-state index < -0.39 is 0 Å². The van der Waals surface area contributed by atoms with Crippen LogP contribution in [-0.2, 0) is 5.54 Å². The zero-order valence-corrected chi connectivity index (χ0v) is 10.7. The second-order valence-electron chi connectivity index (χ2n) is 4.61. The van der Waals surface area contributed by atoms with Gasteiger partial charge >= 0.3 is 0 Å². The molecule has 1 aromatic heterocycles. The van der Waals surface area contributed by atoms with Crippen molar-refractivity contribution in [3.05, 3.63) is 22.7 Å². The number of hydrogen-bond donors (Lipinski definition) is 1. The van der Waals surface area contributed by atoms with Crippen molar-refractivity contribution in [1.29, 1.82) is 0 Å². The number of fused-ring (bicyclic) bond motifs is 1. The minimum Gasteiger partial charge on any atom is -0.369 e. The first kappa shape index (κ1) is 10.5. The summed E-state index contributed by atoms with van der Waals surface area (Å²) in [6.45, 7) is 6.35. The van der Waals surface area contributed by atoms with Gasteiger partial charge in [0.1, 0.15) is 0 Å². The fourth-order valence-electron chi connectivity index (χ4n) is 1.77. The third-order valence-corrected chi connectivity index (χ3v) is 2.81. The fourth-order valence-corrected chi connectivity index (χ4v) is 2.12. The average Bonchev–Trinajstić information content (AvgIpc) is 2.38. The number of aromatic nitrogens is 2. The molecule has 0 saturated carbocycles. The van der Waals surface area contributed by atoms with E-state index in [-0.39, 0.29) is 5.54 Å². The molecule has 1 heterocycles. The maximum Gasteiger partial charge on any atom is 0.201 e. The number of nitrogens with two attached hydrogens (primary N) is 1. The van der Waals surface area contributed by atoms with Gasteiger partial charge in [0.25, 0.3) is 0 Å². The van der Waals surface area contributed by atoms with Gasteiger partial charge in [-0.2, -0.15) is 0 Å². The summed E-state index contributed by atoms with van der Waals surface area (Å²) in [6, 6.07) is 5.99. The first-order chi connectivity index (χ1) is 6.89. The van der Waals surface area contributed by atoms with Gasteiger partial charge in [0.05, 0.1) is 11.0 Å². The van der Waals surface area contributed by atoms with E-state index in [0.717, 1.165) is 15.5 Å². The number of halogens is 1. The minimum absolute atomic E-state index is 0.0559. The smallest absolute Gasteiger partial charge is 0.201 e. The minimum atomic E-state index is -0.0559. The molecule has 15 heavy (non-hydrogen) atoms. The lowest BCUT2D eigenvalue weighted by molar-refractivity contribution is 0.414. The van der Waals surface area contributed by atoms with Gasteiger partial charge in [-0.1, -0.05) is 15.9 Å². The van der Waals surface area contributed by atoms with Crippen molar-refractivity contribution in [1.82, 2.24) is 9.55 Å². The van der Waals surface area contributed by atoms with Crippen molar-refractivity contribution >= 4 is 32.9 Å². The first-order valence-corrected chi connectivity index (χ1v) is 5.63. The molecule has 0 saturated heterocycles. The number of rotatable bonds is 0. The highest BCUT2D eigenvalue weighted by molar-refractivity contribution is 9.10. The molecule has 3 nitrogen and oxygen atoms in total. The highest BCUT2D eigenvalue weighted by Crippen LogP contribution is 2.28. The van der Waals surface area contributed by atoms with Crippen LogP contribution in [0, 0.1) is 0 Å². The Hall–Kier alpha value is -1.03. The number of benzene rings is 1. The summed E-state index contributed by atoms with van der Waals surface area (Å²) >= 11 is 3.46. The average molecular weight is 268 g/mol. The summed E-state index contributed by atoms with van der Waals surface area (Å²) in [5.74, 6) is 0.565. The van der Waals surface area contributed by atoms with Crippen LogP contribution in [0.3, 0.4) is 0 Å². The maximum atomic E-state index is 5.93. The second-order valence-corrected chi connectivity index (χ2v) is 5.52. The normalized spacial score (nSPS) is 12.3. The molecule has 1 aromatic carbocycles. The van der Waals surface area contributed by atoms with Gasteiger partial charge in [-0.25, -0.2) is 4.98 Å². The molecule has 0 aliphatic heterocycles. The Morgan fingerprint density at radius 2 is 2.00 bits per heavy atom. The van der Waals surface area contributed by atoms with Gasteiger partial charge in [-0.3, -0.25) is 0 Å². The SMILES string of the molecule is CC(C)(C)n1c(N)nc2ccc(Br)cc21. The van der Waals surface area contributed by atoms with E-state index in [0.29, 0.717) is 5.95 Å². The van der Waals surface area contributed by atoms with Crippen LogP contribution in [0.4, 0.5) is 5.95 Å². The van der Waals surface area contributed by atoms with E-state index >= 15 is 0 Å². The molecule has 0 unspecified atom stereocenters. The summed E-state index contributed by atoms with van der Waals surface area (Å²) in [6.07, 6.45) is 0. The van der Waals surface area contributed by atoms with E-state index in [1.165, 1.54) is 0 Å². The number of nitrogen functional groups attached to an aromatic ring is 1. The predicted molar refractivity (Wildman–Crippen MR) is 66.8 cm³/mol. The predicted octanol–water partition coefficient (Wildman–Crippen LogP) is 3.14. The molecule has 0 radical (unpaired) electrons. The van der Waals surface area contributed by atoms with Gasteiger partial charge in [-0.15, -0.1) is 0 Å². The summed E-state index contributed by atoms with van der Waals surface area (Å²) in [5.41, 5.74) is 7.87. The maximum absolute atomic E-state index is 5.93. The van der Waals surface area contributed by atoms with Crippen LogP contribution in [0.5, 0.6) is 0 Å². The summed E-state index contributed by atoms with van der Waals surface area (Å²) in [7, 11) is 0. The van der Waals surface area contributed by atoms with E-state index in [2.05, 4.69) is 41.7 Å². The van der Waals surface area contributed by atoms with Crippen LogP contribution in [0.2, 0.25) is 0 Å². The monoisotopic (exact) mass is 267 g/mol. The Labute approximate surface area is 97.4 Å². The van der Waals surface area contributed by atoms with Crippen LogP contribution >= 0.6 is 15.9 Å². The molecule has 0 amide bonds. The van der Waals surface area contributed by atoms with E-state index in [9.17, 15) is 0 Å². The quantitative estimate of drug-likeness (QED) is 0.797. The van der Waals surface area contributed by atoms with Crippen molar-refractivity contribution in [3.8, 4) is 0 Å². The number of anilines is 1. The van der Waals surface area contributed by atoms with Crippen molar-refractivity contribution in [2.45, 2.75) is 26.3 Å². The first-order valence-electron chi connectivity index (χ1n) is 4.83. The van der Waals surface area contributed by atoms with Crippen LogP contribution < -0.4 is 5.73 Å². The van der Waals surface area contributed by atoms with E-state index in [4.69, 9.17) is 5.73 Å². The summed E-state index contributed by atoms with van der Waals surface area (Å²) in [4.78, 5) is 4.34. The molecule has 0 bridgehead atoms. The largest absolute Gasteiger partial charge is 0.369 e. The van der Waals surface area contributed by atoms with Gasteiger partial charge < -0.3 is 10.3 Å². The Morgan fingerprint density at radius 3 is 2.60 bits per heavy atom. The van der Waals surface area contributed by atoms with Crippen molar-refractivity contribution in [3.63, 3.8) is 0 Å². The summed E-state index contributed by atoms with van der Waals surface area (Å²) < 4.78 is 3.09. The number of nitrogens with zero attached hydrogens (tertiary/aromatic N) is 2. The summed E-state index contributed by atoms with van der Waals surface area (Å²) in [5, 5.41) is 0. The fraction of sp³-hybridized carbons (Fsp3) is 0.364. The number of hydrogen-bond acceptors (Lipinski definition) is 2. The van der Waals surface area contributed by atoms with Crippen molar-refractivity contribution in [2.24, 2.45) is 0 Å². The molecule has 0 fully saturated rings. The molecular formula is C11H14BrN3. The standard InChI is InChI=1S/C11H14BrN3/c1-11(2,3)15-9-6-7(12)4-5-8(9)14-10(15)13/h4-6H,1-3H3,(H2,13,14). The molecule has 4 heteroatoms. The van der Waals surface area contributed by atoms with Gasteiger partial charge in [0, 0.05) is 10.0 Å². The third kappa shape index (κ3) is 1.74. The van der Waals surface area contributed by atoms with Crippen molar-refractivity contribution < 1.29 is 0 Å². The lowest BCUT2D eigenvalue weighted by atomic mass is 10.1. The van der Waals surface area contributed by atoms with Crippen LogP contribution in [0.15, 0.2) is 22.7 Å². The molecule has 80 valence electrons. The Balaban J connectivity index is 2.82. The molecule has 2 N–H and O–H groups in total. The zero-order valence-electron chi connectivity index (χ0n) is 9.08. The topological polar surface area (TPSA) is 43.8 Å². The van der Waals surface area contributed by atoms with Gasteiger partial charge in [-0.05, 0) is 39.0 Å². The molecule has 0 atom stereocenters. The van der Waals surface area contributed by atoms with Crippen LogP contribution in [-0.4, -0.2) is 9.55 Å². The molecule has 0 aliphatic carbocycles. The molecule has 0 spiro atoms. The highest BCUT2D eigenvalue weighted by atomic mass is 79.9. The van der Waals surface area contributed by atoms with Crippen molar-refractivity contribution in [2.75, 3.05) is 5.73 Å².